The van der Waals surface area contributed by atoms with Gasteiger partial charge in [-0.3, -0.25) is 9.69 Å². The number of hydrogen-bond donors (Lipinski definition) is 1. The number of ether oxygens (including phenoxy) is 1. The van der Waals surface area contributed by atoms with Crippen LogP contribution in [0.15, 0.2) is 24.3 Å². The molecule has 0 unspecified atom stereocenters. The van der Waals surface area contributed by atoms with Crippen LogP contribution in [-0.4, -0.2) is 43.5 Å². The van der Waals surface area contributed by atoms with E-state index in [1.807, 2.05) is 24.3 Å². The van der Waals surface area contributed by atoms with Crippen molar-refractivity contribution >= 4 is 5.78 Å². The first-order valence-corrected chi connectivity index (χ1v) is 6.34. The van der Waals surface area contributed by atoms with Crippen LogP contribution in [0.3, 0.4) is 0 Å². The molecule has 0 aromatic heterocycles. The Hall–Kier alpha value is -1.39. The summed E-state index contributed by atoms with van der Waals surface area (Å²) in [5, 5.41) is 0. The molecule has 1 aliphatic rings. The molecule has 1 aromatic rings. The molecule has 2 N–H and O–H groups in total. The SMILES string of the molecule is COc1ccc(C(=O)CN2CCC(N)CC2)cc1. The molecule has 0 spiro atoms. The van der Waals surface area contributed by atoms with Gasteiger partial charge in [-0.05, 0) is 37.1 Å². The lowest BCUT2D eigenvalue weighted by molar-refractivity contribution is 0.0910. The maximum absolute atomic E-state index is 12.1. The molecule has 1 heterocycles. The number of carbonyl (C=O) groups excluding carboxylic acids is 1. The summed E-state index contributed by atoms with van der Waals surface area (Å²) in [6.07, 6.45) is 1.96. The van der Waals surface area contributed by atoms with Gasteiger partial charge < -0.3 is 10.5 Å². The Kier molecular flexibility index (Phi) is 4.33. The van der Waals surface area contributed by atoms with Crippen LogP contribution < -0.4 is 10.5 Å². The second-order valence-corrected chi connectivity index (χ2v) is 4.77. The van der Waals surface area contributed by atoms with Crippen molar-refractivity contribution in [1.82, 2.24) is 4.90 Å². The second-order valence-electron chi connectivity index (χ2n) is 4.77. The molecule has 2 rings (SSSR count). The summed E-state index contributed by atoms with van der Waals surface area (Å²) < 4.78 is 5.08. The highest BCUT2D eigenvalue weighted by Crippen LogP contribution is 2.13. The Morgan fingerprint density at radius 3 is 2.50 bits per heavy atom. The van der Waals surface area contributed by atoms with E-state index in [1.54, 1.807) is 7.11 Å². The van der Waals surface area contributed by atoms with Gasteiger partial charge in [0.1, 0.15) is 5.75 Å². The van der Waals surface area contributed by atoms with E-state index in [-0.39, 0.29) is 5.78 Å². The molecule has 1 saturated heterocycles. The summed E-state index contributed by atoms with van der Waals surface area (Å²) in [5.74, 6) is 0.934. The lowest BCUT2D eigenvalue weighted by Gasteiger charge is -2.29. The molecule has 4 heteroatoms. The van der Waals surface area contributed by atoms with Crippen LogP contribution in [0.25, 0.3) is 0 Å². The van der Waals surface area contributed by atoms with Gasteiger partial charge in [0.05, 0.1) is 13.7 Å². The van der Waals surface area contributed by atoms with Crippen LogP contribution in [0.1, 0.15) is 23.2 Å². The molecule has 1 fully saturated rings. The van der Waals surface area contributed by atoms with Crippen LogP contribution in [0.4, 0.5) is 0 Å². The summed E-state index contributed by atoms with van der Waals surface area (Å²) in [6.45, 7) is 2.32. The Labute approximate surface area is 108 Å². The van der Waals surface area contributed by atoms with Crippen LogP contribution in [0.5, 0.6) is 5.75 Å². The van der Waals surface area contributed by atoms with E-state index < -0.39 is 0 Å². The largest absolute Gasteiger partial charge is 0.497 e. The number of ketones is 1. The molecule has 98 valence electrons. The van der Waals surface area contributed by atoms with Crippen molar-refractivity contribution in [3.63, 3.8) is 0 Å². The average molecular weight is 248 g/mol. The fourth-order valence-electron chi connectivity index (χ4n) is 2.18. The third kappa shape index (κ3) is 3.31. The molecular weight excluding hydrogens is 228 g/mol. The first-order chi connectivity index (χ1) is 8.69. The summed E-state index contributed by atoms with van der Waals surface area (Å²) >= 11 is 0. The number of methoxy groups -OCH3 is 1. The van der Waals surface area contributed by atoms with E-state index in [0.717, 1.165) is 37.2 Å². The van der Waals surface area contributed by atoms with Crippen LogP contribution in [0, 0.1) is 0 Å². The number of hydrogen-bond acceptors (Lipinski definition) is 4. The van der Waals surface area contributed by atoms with Gasteiger partial charge in [0.15, 0.2) is 5.78 Å². The molecule has 0 amide bonds. The number of nitrogens with two attached hydrogens (primary N) is 1. The zero-order valence-electron chi connectivity index (χ0n) is 10.8. The first-order valence-electron chi connectivity index (χ1n) is 6.34. The lowest BCUT2D eigenvalue weighted by Crippen LogP contribution is -2.41. The predicted molar refractivity (Wildman–Crippen MR) is 71.0 cm³/mol. The normalized spacial score (nSPS) is 17.7. The Morgan fingerprint density at radius 1 is 1.33 bits per heavy atom. The van der Waals surface area contributed by atoms with Gasteiger partial charge in [0.2, 0.25) is 0 Å². The first kappa shape index (κ1) is 13.1. The van der Waals surface area contributed by atoms with E-state index in [0.29, 0.717) is 12.6 Å². The van der Waals surface area contributed by atoms with E-state index in [9.17, 15) is 4.79 Å². The summed E-state index contributed by atoms with van der Waals surface area (Å²) in [7, 11) is 1.62. The lowest BCUT2D eigenvalue weighted by atomic mass is 10.0. The minimum absolute atomic E-state index is 0.160. The molecule has 0 aliphatic carbocycles. The van der Waals surface area contributed by atoms with Gasteiger partial charge in [-0.2, -0.15) is 0 Å². The van der Waals surface area contributed by atoms with E-state index in [2.05, 4.69) is 4.90 Å². The summed E-state index contributed by atoms with van der Waals surface area (Å²) in [4.78, 5) is 14.3. The van der Waals surface area contributed by atoms with Crippen molar-refractivity contribution in [2.75, 3.05) is 26.7 Å². The number of piperidine rings is 1. The van der Waals surface area contributed by atoms with Gasteiger partial charge in [-0.1, -0.05) is 0 Å². The minimum atomic E-state index is 0.160. The molecule has 1 aliphatic heterocycles. The minimum Gasteiger partial charge on any atom is -0.497 e. The fourth-order valence-corrected chi connectivity index (χ4v) is 2.18. The quantitative estimate of drug-likeness (QED) is 0.816. The molecule has 18 heavy (non-hydrogen) atoms. The average Bonchev–Trinajstić information content (AvgIpc) is 2.41. The molecule has 4 nitrogen and oxygen atoms in total. The van der Waals surface area contributed by atoms with Crippen molar-refractivity contribution in [3.05, 3.63) is 29.8 Å². The molecular formula is C14H20N2O2. The topological polar surface area (TPSA) is 55.6 Å². The van der Waals surface area contributed by atoms with Gasteiger partial charge in [-0.15, -0.1) is 0 Å². The predicted octanol–water partition coefficient (Wildman–Crippen LogP) is 1.30. The number of rotatable bonds is 4. The van der Waals surface area contributed by atoms with Crippen LogP contribution in [0.2, 0.25) is 0 Å². The highest BCUT2D eigenvalue weighted by atomic mass is 16.5. The molecule has 0 radical (unpaired) electrons. The van der Waals surface area contributed by atoms with E-state index in [1.165, 1.54) is 0 Å². The van der Waals surface area contributed by atoms with Gasteiger partial charge in [-0.25, -0.2) is 0 Å². The van der Waals surface area contributed by atoms with Crippen molar-refractivity contribution in [1.29, 1.82) is 0 Å². The zero-order valence-corrected chi connectivity index (χ0v) is 10.8. The Balaban J connectivity index is 1.90. The highest BCUT2D eigenvalue weighted by molar-refractivity contribution is 5.97. The number of carbonyl (C=O) groups is 1. The van der Waals surface area contributed by atoms with Crippen molar-refractivity contribution in [3.8, 4) is 5.75 Å². The maximum atomic E-state index is 12.1. The van der Waals surface area contributed by atoms with Crippen LogP contribution in [-0.2, 0) is 0 Å². The Bertz CT molecular complexity index is 395. The zero-order chi connectivity index (χ0) is 13.0. The molecule has 0 atom stereocenters. The van der Waals surface area contributed by atoms with Crippen molar-refractivity contribution < 1.29 is 9.53 Å². The standard InChI is InChI=1S/C14H20N2O2/c1-18-13-4-2-11(3-5-13)14(17)10-16-8-6-12(15)7-9-16/h2-5,12H,6-10,15H2,1H3. The number of nitrogens with zero attached hydrogens (tertiary/aromatic N) is 1. The van der Waals surface area contributed by atoms with Crippen molar-refractivity contribution in [2.45, 2.75) is 18.9 Å². The van der Waals surface area contributed by atoms with Gasteiger partial charge >= 0.3 is 0 Å². The maximum Gasteiger partial charge on any atom is 0.176 e. The molecule has 1 aromatic carbocycles. The number of likely N-dealkylation sites (tertiary alicyclic amines) is 1. The van der Waals surface area contributed by atoms with Gasteiger partial charge in [0, 0.05) is 24.7 Å². The molecule has 0 saturated carbocycles. The number of benzene rings is 1. The van der Waals surface area contributed by atoms with E-state index >= 15 is 0 Å². The number of Topliss-reactive ketones (excluding diaryl/α,β-unsaturated/α-hetero) is 1. The third-order valence-corrected chi connectivity index (χ3v) is 3.41. The van der Waals surface area contributed by atoms with Crippen molar-refractivity contribution in [2.24, 2.45) is 5.73 Å². The summed E-state index contributed by atoms with van der Waals surface area (Å²) in [6, 6.07) is 7.57. The van der Waals surface area contributed by atoms with Gasteiger partial charge in [0.25, 0.3) is 0 Å². The monoisotopic (exact) mass is 248 g/mol. The highest BCUT2D eigenvalue weighted by Gasteiger charge is 2.18. The summed E-state index contributed by atoms with van der Waals surface area (Å²) in [5.41, 5.74) is 6.59. The van der Waals surface area contributed by atoms with Crippen LogP contribution >= 0.6 is 0 Å². The molecule has 0 bridgehead atoms. The van der Waals surface area contributed by atoms with E-state index in [4.69, 9.17) is 10.5 Å². The Morgan fingerprint density at radius 2 is 1.94 bits per heavy atom. The smallest absolute Gasteiger partial charge is 0.176 e. The second kappa shape index (κ2) is 5.98. The fraction of sp³-hybridized carbons (Fsp3) is 0.500. The third-order valence-electron chi connectivity index (χ3n) is 3.41.